The van der Waals surface area contributed by atoms with Gasteiger partial charge in [0.25, 0.3) is 0 Å². The van der Waals surface area contributed by atoms with Crippen molar-refractivity contribution in [3.05, 3.63) is 59.7 Å². The number of methoxy groups -OCH3 is 1. The first kappa shape index (κ1) is 24.8. The minimum absolute atomic E-state index is 0.0257. The number of carbonyl (C=O) groups is 2. The van der Waals surface area contributed by atoms with E-state index in [0.717, 1.165) is 35.9 Å². The molecule has 2 aromatic carbocycles. The van der Waals surface area contributed by atoms with Gasteiger partial charge >= 0.3 is 0 Å². The molecule has 1 N–H and O–H groups in total. The number of rotatable bonds is 11. The van der Waals surface area contributed by atoms with Gasteiger partial charge in [-0.1, -0.05) is 48.5 Å². The molecule has 35 heavy (non-hydrogen) atoms. The lowest BCUT2D eigenvalue weighted by molar-refractivity contribution is -0.143. The van der Waals surface area contributed by atoms with Crippen molar-refractivity contribution in [3.63, 3.8) is 0 Å². The number of aromatic nitrogens is 3. The predicted octanol–water partition coefficient (Wildman–Crippen LogP) is 2.51. The van der Waals surface area contributed by atoms with Crippen LogP contribution in [0.25, 0.3) is 11.0 Å². The van der Waals surface area contributed by atoms with Crippen LogP contribution in [0.5, 0.6) is 0 Å². The summed E-state index contributed by atoms with van der Waals surface area (Å²) in [5, 5.41) is 11.3. The van der Waals surface area contributed by atoms with E-state index in [-0.39, 0.29) is 24.5 Å². The second-order valence-electron chi connectivity index (χ2n) is 8.70. The zero-order valence-electron chi connectivity index (χ0n) is 20.4. The average Bonchev–Trinajstić information content (AvgIpc) is 3.54. The third kappa shape index (κ3) is 6.04. The molecule has 2 amide bonds. The van der Waals surface area contributed by atoms with Crippen molar-refractivity contribution in [2.75, 3.05) is 33.4 Å². The van der Waals surface area contributed by atoms with Crippen LogP contribution in [-0.2, 0) is 32.0 Å². The summed E-state index contributed by atoms with van der Waals surface area (Å²) in [6.07, 6.45) is 2.57. The van der Waals surface area contributed by atoms with E-state index in [1.807, 2.05) is 48.5 Å². The molecule has 0 bridgehead atoms. The zero-order chi connectivity index (χ0) is 24.6. The first-order valence-corrected chi connectivity index (χ1v) is 12.2. The van der Waals surface area contributed by atoms with Crippen molar-refractivity contribution < 1.29 is 19.1 Å². The molecule has 0 saturated carbocycles. The van der Waals surface area contributed by atoms with Crippen LogP contribution in [0.2, 0.25) is 0 Å². The zero-order valence-corrected chi connectivity index (χ0v) is 20.4. The van der Waals surface area contributed by atoms with Gasteiger partial charge in [0.15, 0.2) is 0 Å². The number of carbonyl (C=O) groups excluding carboxylic acids is 2. The van der Waals surface area contributed by atoms with Crippen LogP contribution in [-0.4, -0.2) is 71.2 Å². The van der Waals surface area contributed by atoms with Gasteiger partial charge in [-0.05, 0) is 42.5 Å². The third-order valence-electron chi connectivity index (χ3n) is 6.32. The lowest BCUT2D eigenvalue weighted by Gasteiger charge is -2.33. The van der Waals surface area contributed by atoms with Crippen LogP contribution < -0.4 is 5.32 Å². The largest absolute Gasteiger partial charge is 0.383 e. The van der Waals surface area contributed by atoms with Gasteiger partial charge in [-0.2, -0.15) is 0 Å². The summed E-state index contributed by atoms with van der Waals surface area (Å²) in [7, 11) is 1.59. The molecule has 4 rings (SSSR count). The second-order valence-corrected chi connectivity index (χ2v) is 8.70. The molecule has 2 atom stereocenters. The van der Waals surface area contributed by atoms with E-state index in [2.05, 4.69) is 22.6 Å². The molecule has 1 aliphatic heterocycles. The van der Waals surface area contributed by atoms with Crippen LogP contribution in [0, 0.1) is 0 Å². The highest BCUT2D eigenvalue weighted by molar-refractivity contribution is 5.89. The summed E-state index contributed by atoms with van der Waals surface area (Å²) < 4.78 is 12.5. The van der Waals surface area contributed by atoms with E-state index >= 15 is 0 Å². The maximum atomic E-state index is 13.8. The Morgan fingerprint density at radius 2 is 2.03 bits per heavy atom. The van der Waals surface area contributed by atoms with Gasteiger partial charge in [-0.3, -0.25) is 9.59 Å². The number of benzene rings is 2. The molecule has 1 saturated heterocycles. The van der Waals surface area contributed by atoms with Gasteiger partial charge in [-0.25, -0.2) is 4.68 Å². The predicted molar refractivity (Wildman–Crippen MR) is 132 cm³/mol. The maximum absolute atomic E-state index is 13.8. The van der Waals surface area contributed by atoms with Crippen molar-refractivity contribution in [2.24, 2.45) is 0 Å². The standard InChI is InChI=1S/C26H33N5O4/c1-3-19-10-12-20(13-11-19)25(26(33)27-14-16-34-2)30(17-21-7-6-15-35-21)24(32)18-31-23-9-5-4-8-22(23)28-29-31/h4-5,8-13,21,25H,3,6-7,14-18H2,1-2H3,(H,27,33)/t21-,25-/m1/s1. The Morgan fingerprint density at radius 3 is 2.74 bits per heavy atom. The van der Waals surface area contributed by atoms with Crippen LogP contribution in [0.3, 0.4) is 0 Å². The van der Waals surface area contributed by atoms with Crippen molar-refractivity contribution in [1.29, 1.82) is 0 Å². The average molecular weight is 480 g/mol. The van der Waals surface area contributed by atoms with Gasteiger partial charge in [0, 0.05) is 26.8 Å². The molecule has 0 spiro atoms. The van der Waals surface area contributed by atoms with Gasteiger partial charge in [0.2, 0.25) is 11.8 Å². The fourth-order valence-electron chi connectivity index (χ4n) is 4.39. The topological polar surface area (TPSA) is 98.6 Å². The monoisotopic (exact) mass is 479 g/mol. The number of ether oxygens (including phenoxy) is 2. The molecular formula is C26H33N5O4. The number of para-hydroxylation sites is 1. The van der Waals surface area contributed by atoms with E-state index in [0.29, 0.717) is 26.3 Å². The maximum Gasteiger partial charge on any atom is 0.247 e. The van der Waals surface area contributed by atoms with E-state index in [1.54, 1.807) is 16.7 Å². The molecular weight excluding hydrogens is 446 g/mol. The fraction of sp³-hybridized carbons (Fsp3) is 0.462. The number of nitrogens with zero attached hydrogens (tertiary/aromatic N) is 4. The number of aryl methyl sites for hydroxylation is 1. The highest BCUT2D eigenvalue weighted by Gasteiger charge is 2.34. The minimum atomic E-state index is -0.802. The number of hydrogen-bond donors (Lipinski definition) is 1. The summed E-state index contributed by atoms with van der Waals surface area (Å²) >= 11 is 0. The minimum Gasteiger partial charge on any atom is -0.383 e. The molecule has 2 heterocycles. The number of fused-ring (bicyclic) bond motifs is 1. The first-order valence-electron chi connectivity index (χ1n) is 12.2. The van der Waals surface area contributed by atoms with Crippen LogP contribution in [0.4, 0.5) is 0 Å². The van der Waals surface area contributed by atoms with E-state index < -0.39 is 6.04 Å². The number of amides is 2. The Hall–Kier alpha value is -3.30. The first-order chi connectivity index (χ1) is 17.1. The van der Waals surface area contributed by atoms with Crippen molar-refractivity contribution >= 4 is 22.8 Å². The molecule has 0 radical (unpaired) electrons. The SMILES string of the molecule is CCc1ccc([C@H](C(=O)NCCOC)N(C[C@H]2CCCO2)C(=O)Cn2nnc3ccccc32)cc1. The summed E-state index contributed by atoms with van der Waals surface area (Å²) in [5.41, 5.74) is 3.41. The highest BCUT2D eigenvalue weighted by atomic mass is 16.5. The van der Waals surface area contributed by atoms with Crippen LogP contribution in [0.1, 0.15) is 36.9 Å². The quantitative estimate of drug-likeness (QED) is 0.425. The number of nitrogens with one attached hydrogen (secondary N) is 1. The molecule has 9 heteroatoms. The van der Waals surface area contributed by atoms with Crippen molar-refractivity contribution in [1.82, 2.24) is 25.2 Å². The normalized spacial score (nSPS) is 16.3. The van der Waals surface area contributed by atoms with Crippen LogP contribution in [0.15, 0.2) is 48.5 Å². The number of hydrogen-bond acceptors (Lipinski definition) is 6. The molecule has 0 aliphatic carbocycles. The lowest BCUT2D eigenvalue weighted by atomic mass is 10.0. The Bertz CT molecular complexity index is 1120. The van der Waals surface area contributed by atoms with E-state index in [9.17, 15) is 9.59 Å². The van der Waals surface area contributed by atoms with E-state index in [4.69, 9.17) is 9.47 Å². The van der Waals surface area contributed by atoms with Crippen molar-refractivity contribution in [2.45, 2.75) is 44.9 Å². The summed E-state index contributed by atoms with van der Waals surface area (Å²) in [4.78, 5) is 28.9. The van der Waals surface area contributed by atoms with E-state index in [1.165, 1.54) is 5.56 Å². The fourth-order valence-corrected chi connectivity index (χ4v) is 4.39. The smallest absolute Gasteiger partial charge is 0.247 e. The van der Waals surface area contributed by atoms with Gasteiger partial charge in [0.1, 0.15) is 18.1 Å². The summed E-state index contributed by atoms with van der Waals surface area (Å²) in [6.45, 7) is 3.79. The third-order valence-corrected chi connectivity index (χ3v) is 6.32. The summed E-state index contributed by atoms with van der Waals surface area (Å²) in [5.74, 6) is -0.469. The molecule has 3 aromatic rings. The van der Waals surface area contributed by atoms with Gasteiger partial charge in [-0.15, -0.1) is 5.10 Å². The highest BCUT2D eigenvalue weighted by Crippen LogP contribution is 2.26. The molecule has 9 nitrogen and oxygen atoms in total. The molecule has 0 unspecified atom stereocenters. The Kier molecular flexibility index (Phi) is 8.44. The Labute approximate surface area is 205 Å². The summed E-state index contributed by atoms with van der Waals surface area (Å²) in [6, 6.07) is 14.6. The molecule has 1 fully saturated rings. The van der Waals surface area contributed by atoms with Gasteiger partial charge < -0.3 is 19.7 Å². The van der Waals surface area contributed by atoms with Gasteiger partial charge in [0.05, 0.1) is 18.2 Å². The molecule has 1 aliphatic rings. The second kappa shape index (κ2) is 11.9. The Morgan fingerprint density at radius 1 is 1.23 bits per heavy atom. The van der Waals surface area contributed by atoms with Crippen molar-refractivity contribution in [3.8, 4) is 0 Å². The lowest BCUT2D eigenvalue weighted by Crippen LogP contribution is -2.48. The van der Waals surface area contributed by atoms with Crippen LogP contribution >= 0.6 is 0 Å². The molecule has 186 valence electrons. The molecule has 1 aromatic heterocycles. The Balaban J connectivity index is 1.66.